The number of nitrogens with zero attached hydrogens (tertiary/aromatic N) is 3. The van der Waals surface area contributed by atoms with E-state index in [1.807, 2.05) is 49.4 Å². The topological polar surface area (TPSA) is 54.4 Å². The molecule has 0 saturated carbocycles. The lowest BCUT2D eigenvalue weighted by Gasteiger charge is -2.41. The largest absolute Gasteiger partial charge is 0.493 e. The molecule has 0 radical (unpaired) electrons. The second-order valence-corrected chi connectivity index (χ2v) is 8.71. The first-order chi connectivity index (χ1) is 17.3. The van der Waals surface area contributed by atoms with Gasteiger partial charge in [0.2, 0.25) is 0 Å². The zero-order valence-corrected chi connectivity index (χ0v) is 19.7. The van der Waals surface area contributed by atoms with E-state index in [-0.39, 0.29) is 17.5 Å². The number of hydrogen-bond donors (Lipinski definition) is 0. The Bertz CT molecular complexity index is 1320. The molecule has 1 atom stereocenters. The molecule has 2 aliphatic heterocycles. The van der Waals surface area contributed by atoms with E-state index in [0.29, 0.717) is 48.4 Å². The van der Waals surface area contributed by atoms with Gasteiger partial charge in [-0.15, -0.1) is 0 Å². The third-order valence-electron chi connectivity index (χ3n) is 6.39. The fourth-order valence-corrected chi connectivity index (χ4v) is 4.54. The fraction of sp³-hybridized carbons (Fsp3) is 0.259. The number of carbonyl (C=O) groups excluding carboxylic acids is 1. The number of rotatable bonds is 2. The summed E-state index contributed by atoms with van der Waals surface area (Å²) < 4.78 is 50.5. The standard InChI is InChI=1S/C27H24F3N3O3/c1-17-16-32(14-15-33(17)26(34)18-10-12-19(13-11-18)27(28,29)30)25-20-6-5-9-23(35-2)24(20)36-22-8-4-3-7-21(22)31-25/h3-13,17H,14-16H2,1-2H3/t17-/m1/s1. The van der Waals surface area contributed by atoms with Crippen LogP contribution in [-0.2, 0) is 6.18 Å². The molecule has 0 unspecified atom stereocenters. The van der Waals surface area contributed by atoms with Crippen LogP contribution in [0.3, 0.4) is 0 Å². The first kappa shape index (κ1) is 23.7. The normalized spacial score (nSPS) is 17.4. The number of benzene rings is 3. The molecule has 1 amide bonds. The molecule has 1 saturated heterocycles. The molecule has 5 rings (SSSR count). The van der Waals surface area contributed by atoms with E-state index in [0.717, 1.165) is 17.7 Å². The number of carbonyl (C=O) groups is 1. The van der Waals surface area contributed by atoms with Crippen LogP contribution in [0.1, 0.15) is 28.4 Å². The number of halogens is 3. The summed E-state index contributed by atoms with van der Waals surface area (Å²) in [6.07, 6.45) is -4.44. The minimum absolute atomic E-state index is 0.204. The molecule has 6 nitrogen and oxygen atoms in total. The number of methoxy groups -OCH3 is 1. The van der Waals surface area contributed by atoms with Crippen LogP contribution in [0.2, 0.25) is 0 Å². The van der Waals surface area contributed by atoms with Crippen molar-refractivity contribution in [2.75, 3.05) is 26.7 Å². The Morgan fingerprint density at radius 2 is 1.78 bits per heavy atom. The molecule has 0 spiro atoms. The fourth-order valence-electron chi connectivity index (χ4n) is 4.54. The Hall–Kier alpha value is -4.01. The third kappa shape index (κ3) is 4.36. The zero-order chi connectivity index (χ0) is 25.4. The van der Waals surface area contributed by atoms with Crippen molar-refractivity contribution in [2.45, 2.75) is 19.1 Å². The first-order valence-corrected chi connectivity index (χ1v) is 11.5. The van der Waals surface area contributed by atoms with E-state index >= 15 is 0 Å². The molecule has 9 heteroatoms. The number of alkyl halides is 3. The van der Waals surface area contributed by atoms with Gasteiger partial charge in [-0.1, -0.05) is 18.2 Å². The maximum Gasteiger partial charge on any atom is 0.416 e. The van der Waals surface area contributed by atoms with Crippen molar-refractivity contribution in [2.24, 2.45) is 4.99 Å². The van der Waals surface area contributed by atoms with Crippen LogP contribution < -0.4 is 9.47 Å². The average Bonchev–Trinajstić information content (AvgIpc) is 3.04. The molecule has 1 fully saturated rings. The quantitative estimate of drug-likeness (QED) is 0.455. The highest BCUT2D eigenvalue weighted by atomic mass is 19.4. The van der Waals surface area contributed by atoms with Crippen LogP contribution in [-0.4, -0.2) is 54.3 Å². The summed E-state index contributed by atoms with van der Waals surface area (Å²) in [5.74, 6) is 2.18. The lowest BCUT2D eigenvalue weighted by Crippen LogP contribution is -2.55. The van der Waals surface area contributed by atoms with Gasteiger partial charge in [0.25, 0.3) is 5.91 Å². The van der Waals surface area contributed by atoms with Gasteiger partial charge in [-0.05, 0) is 55.5 Å². The van der Waals surface area contributed by atoms with E-state index < -0.39 is 11.7 Å². The average molecular weight is 496 g/mol. The van der Waals surface area contributed by atoms with Gasteiger partial charge >= 0.3 is 6.18 Å². The second kappa shape index (κ2) is 9.22. The monoisotopic (exact) mass is 495 g/mol. The number of aliphatic imine (C=N–C) groups is 1. The number of hydrogen-bond acceptors (Lipinski definition) is 5. The molecule has 0 aliphatic carbocycles. The van der Waals surface area contributed by atoms with Crippen molar-refractivity contribution in [3.05, 3.63) is 83.4 Å². The number of fused-ring (bicyclic) bond motifs is 2. The predicted octanol–water partition coefficient (Wildman–Crippen LogP) is 5.74. The molecule has 36 heavy (non-hydrogen) atoms. The molecular formula is C27H24F3N3O3. The Morgan fingerprint density at radius 3 is 2.47 bits per heavy atom. The predicted molar refractivity (Wildman–Crippen MR) is 129 cm³/mol. The van der Waals surface area contributed by atoms with Crippen molar-refractivity contribution in [3.63, 3.8) is 0 Å². The smallest absolute Gasteiger partial charge is 0.416 e. The van der Waals surface area contributed by atoms with E-state index in [2.05, 4.69) is 4.90 Å². The van der Waals surface area contributed by atoms with Crippen LogP contribution in [0.25, 0.3) is 0 Å². The molecule has 2 heterocycles. The number of amidine groups is 1. The summed E-state index contributed by atoms with van der Waals surface area (Å²) in [4.78, 5) is 21.8. The van der Waals surface area contributed by atoms with Crippen molar-refractivity contribution < 1.29 is 27.4 Å². The van der Waals surface area contributed by atoms with E-state index in [9.17, 15) is 18.0 Å². The SMILES string of the molecule is COc1cccc2c1Oc1ccccc1N=C2N1CCN(C(=O)c2ccc(C(F)(F)F)cc2)[C@H](C)C1. The zero-order valence-electron chi connectivity index (χ0n) is 19.7. The van der Waals surface area contributed by atoms with Gasteiger partial charge in [0.1, 0.15) is 11.5 Å². The van der Waals surface area contributed by atoms with Gasteiger partial charge in [0.05, 0.1) is 18.2 Å². The van der Waals surface area contributed by atoms with Crippen molar-refractivity contribution in [1.29, 1.82) is 0 Å². The Labute approximate surface area is 206 Å². The van der Waals surface area contributed by atoms with Gasteiger partial charge in [-0.25, -0.2) is 4.99 Å². The molecular weight excluding hydrogens is 471 g/mol. The van der Waals surface area contributed by atoms with Crippen LogP contribution in [0.5, 0.6) is 17.2 Å². The molecule has 0 aromatic heterocycles. The van der Waals surface area contributed by atoms with Gasteiger partial charge in [-0.3, -0.25) is 4.79 Å². The highest BCUT2D eigenvalue weighted by molar-refractivity contribution is 6.04. The summed E-state index contributed by atoms with van der Waals surface area (Å²) in [7, 11) is 1.58. The second-order valence-electron chi connectivity index (χ2n) is 8.71. The van der Waals surface area contributed by atoms with E-state index in [1.54, 1.807) is 12.0 Å². The summed E-state index contributed by atoms with van der Waals surface area (Å²) >= 11 is 0. The maximum absolute atomic E-state index is 13.1. The Kier molecular flexibility index (Phi) is 6.07. The summed E-state index contributed by atoms with van der Waals surface area (Å²) in [5, 5.41) is 0. The van der Waals surface area contributed by atoms with Crippen molar-refractivity contribution in [3.8, 4) is 17.2 Å². The van der Waals surface area contributed by atoms with Crippen LogP contribution >= 0.6 is 0 Å². The van der Waals surface area contributed by atoms with E-state index in [1.165, 1.54) is 12.1 Å². The number of piperazine rings is 1. The third-order valence-corrected chi connectivity index (χ3v) is 6.39. The van der Waals surface area contributed by atoms with Crippen LogP contribution in [0.4, 0.5) is 18.9 Å². The summed E-state index contributed by atoms with van der Waals surface area (Å²) in [6.45, 7) is 3.29. The van der Waals surface area contributed by atoms with Gasteiger partial charge in [-0.2, -0.15) is 13.2 Å². The van der Waals surface area contributed by atoms with Crippen LogP contribution in [0.15, 0.2) is 71.7 Å². The summed E-state index contributed by atoms with van der Waals surface area (Å²) in [6, 6.07) is 17.3. The highest BCUT2D eigenvalue weighted by Gasteiger charge is 2.34. The molecule has 186 valence electrons. The Balaban J connectivity index is 1.42. The lowest BCUT2D eigenvalue weighted by atomic mass is 10.1. The summed E-state index contributed by atoms with van der Waals surface area (Å²) in [5.41, 5.74) is 0.911. The Morgan fingerprint density at radius 1 is 1.03 bits per heavy atom. The number of para-hydroxylation sites is 3. The number of amides is 1. The van der Waals surface area contributed by atoms with Crippen molar-refractivity contribution >= 4 is 17.4 Å². The highest BCUT2D eigenvalue weighted by Crippen LogP contribution is 2.43. The first-order valence-electron chi connectivity index (χ1n) is 11.5. The molecule has 3 aromatic rings. The van der Waals surface area contributed by atoms with Crippen molar-refractivity contribution in [1.82, 2.24) is 9.80 Å². The maximum atomic E-state index is 13.1. The van der Waals surface area contributed by atoms with Crippen LogP contribution in [0, 0.1) is 0 Å². The minimum Gasteiger partial charge on any atom is -0.493 e. The van der Waals surface area contributed by atoms with Gasteiger partial charge < -0.3 is 19.3 Å². The lowest BCUT2D eigenvalue weighted by molar-refractivity contribution is -0.137. The molecule has 0 bridgehead atoms. The van der Waals surface area contributed by atoms with E-state index in [4.69, 9.17) is 14.5 Å². The number of ether oxygens (including phenoxy) is 2. The molecule has 3 aromatic carbocycles. The molecule has 2 aliphatic rings. The van der Waals surface area contributed by atoms with Gasteiger partial charge in [0, 0.05) is 31.2 Å². The minimum atomic E-state index is -4.44. The van der Waals surface area contributed by atoms with Gasteiger partial charge in [0.15, 0.2) is 17.2 Å². The molecule has 0 N–H and O–H groups in total.